The van der Waals surface area contributed by atoms with Crippen molar-refractivity contribution in [3.8, 4) is 5.75 Å². The van der Waals surface area contributed by atoms with Crippen LogP contribution in [-0.2, 0) is 11.2 Å². The van der Waals surface area contributed by atoms with Gasteiger partial charge in [-0.2, -0.15) is 11.8 Å². The summed E-state index contributed by atoms with van der Waals surface area (Å²) in [5, 5.41) is 9.74. The van der Waals surface area contributed by atoms with Crippen molar-refractivity contribution in [2.24, 2.45) is 5.73 Å². The molecule has 3 N–H and O–H groups in total. The number of para-hydroxylation sites is 1. The second kappa shape index (κ2) is 6.66. The first-order valence-electron chi connectivity index (χ1n) is 6.88. The van der Waals surface area contributed by atoms with Gasteiger partial charge in [-0.05, 0) is 25.2 Å². The molecule has 1 aliphatic heterocycles. The van der Waals surface area contributed by atoms with Gasteiger partial charge in [0.05, 0.1) is 16.2 Å². The summed E-state index contributed by atoms with van der Waals surface area (Å²) >= 11 is 6.85. The van der Waals surface area contributed by atoms with Crippen molar-refractivity contribution in [3.05, 3.63) is 29.8 Å². The number of carbonyl (C=O) groups excluding carboxylic acids is 1. The van der Waals surface area contributed by atoms with Crippen molar-refractivity contribution in [1.29, 1.82) is 0 Å². The summed E-state index contributed by atoms with van der Waals surface area (Å²) in [4.78, 5) is 14.7. The summed E-state index contributed by atoms with van der Waals surface area (Å²) in [5.74, 6) is 0.207. The number of benzene rings is 1. The largest absolute Gasteiger partial charge is 0.508 e. The van der Waals surface area contributed by atoms with Gasteiger partial charge in [-0.25, -0.2) is 0 Å². The molecule has 1 aliphatic rings. The second-order valence-electron chi connectivity index (χ2n) is 5.25. The summed E-state index contributed by atoms with van der Waals surface area (Å²) in [6.45, 7) is 1.31. The molecule has 0 aliphatic carbocycles. The maximum atomic E-state index is 12.3. The number of nitrogens with two attached hydrogens (primary N) is 1. The van der Waals surface area contributed by atoms with Crippen molar-refractivity contribution in [3.63, 3.8) is 0 Å². The van der Waals surface area contributed by atoms with Gasteiger partial charge in [0.15, 0.2) is 0 Å². The van der Waals surface area contributed by atoms with E-state index in [-0.39, 0.29) is 22.8 Å². The van der Waals surface area contributed by atoms with Gasteiger partial charge in [-0.15, -0.1) is 0 Å². The number of carbonyl (C=O) groups is 1. The Labute approximate surface area is 134 Å². The minimum atomic E-state index is -0.180. The van der Waals surface area contributed by atoms with Crippen LogP contribution < -0.4 is 5.73 Å². The van der Waals surface area contributed by atoms with Crippen LogP contribution in [0.15, 0.2) is 24.3 Å². The number of aromatic hydroxyl groups is 1. The van der Waals surface area contributed by atoms with Crippen LogP contribution >= 0.6 is 24.0 Å². The van der Waals surface area contributed by atoms with E-state index in [1.165, 1.54) is 0 Å². The third-order valence-corrected chi connectivity index (χ3v) is 6.03. The first-order valence-corrected chi connectivity index (χ1v) is 8.51. The number of piperidine rings is 1. The number of phenolic OH excluding ortho intramolecular Hbond substituents is 1. The van der Waals surface area contributed by atoms with Gasteiger partial charge >= 0.3 is 0 Å². The van der Waals surface area contributed by atoms with Crippen molar-refractivity contribution in [2.75, 3.05) is 19.3 Å². The van der Waals surface area contributed by atoms with Crippen LogP contribution in [0.1, 0.15) is 18.4 Å². The summed E-state index contributed by atoms with van der Waals surface area (Å²) < 4.78 is -0.180. The molecule has 1 heterocycles. The maximum absolute atomic E-state index is 12.3. The molecule has 0 spiro atoms. The Morgan fingerprint density at radius 3 is 2.57 bits per heavy atom. The van der Waals surface area contributed by atoms with Gasteiger partial charge in [0, 0.05) is 18.7 Å². The van der Waals surface area contributed by atoms with Crippen molar-refractivity contribution >= 4 is 34.9 Å². The highest BCUT2D eigenvalue weighted by Gasteiger charge is 2.37. The van der Waals surface area contributed by atoms with E-state index >= 15 is 0 Å². The minimum absolute atomic E-state index is 0.0362. The summed E-state index contributed by atoms with van der Waals surface area (Å²) in [5.41, 5.74) is 6.52. The van der Waals surface area contributed by atoms with Gasteiger partial charge in [-0.3, -0.25) is 4.79 Å². The van der Waals surface area contributed by atoms with E-state index in [0.717, 1.165) is 12.8 Å². The highest BCUT2D eigenvalue weighted by Crippen LogP contribution is 2.35. The molecule has 6 heteroatoms. The van der Waals surface area contributed by atoms with Crippen molar-refractivity contribution in [2.45, 2.75) is 24.0 Å². The summed E-state index contributed by atoms with van der Waals surface area (Å²) in [6.07, 6.45) is 3.82. The van der Waals surface area contributed by atoms with E-state index < -0.39 is 0 Å². The highest BCUT2D eigenvalue weighted by molar-refractivity contribution is 8.02. The number of likely N-dealkylation sites (tertiary alicyclic amines) is 1. The molecule has 0 saturated carbocycles. The monoisotopic (exact) mass is 324 g/mol. The number of hydrogen-bond donors (Lipinski definition) is 2. The summed E-state index contributed by atoms with van der Waals surface area (Å²) in [7, 11) is 0. The van der Waals surface area contributed by atoms with E-state index in [1.54, 1.807) is 30.0 Å². The van der Waals surface area contributed by atoms with E-state index in [9.17, 15) is 9.90 Å². The zero-order chi connectivity index (χ0) is 15.5. The molecule has 1 saturated heterocycles. The van der Waals surface area contributed by atoms with E-state index in [2.05, 4.69) is 0 Å². The molecule has 1 amide bonds. The van der Waals surface area contributed by atoms with Crippen LogP contribution in [0.3, 0.4) is 0 Å². The quantitative estimate of drug-likeness (QED) is 0.829. The predicted molar refractivity (Wildman–Crippen MR) is 90.7 cm³/mol. The SMILES string of the molecule is CSC1(C(N)=S)CCN(C(=O)Cc2ccccc2O)CC1. The molecule has 0 aromatic heterocycles. The van der Waals surface area contributed by atoms with E-state index in [4.69, 9.17) is 18.0 Å². The molecule has 2 rings (SSSR count). The molecule has 1 aromatic carbocycles. The van der Waals surface area contributed by atoms with Crippen LogP contribution in [0.25, 0.3) is 0 Å². The molecule has 1 fully saturated rings. The topological polar surface area (TPSA) is 66.6 Å². The molecule has 0 atom stereocenters. The van der Waals surface area contributed by atoms with Crippen LogP contribution in [0.4, 0.5) is 0 Å². The normalized spacial score (nSPS) is 17.5. The zero-order valence-corrected chi connectivity index (χ0v) is 13.7. The molecule has 0 unspecified atom stereocenters. The molecule has 21 heavy (non-hydrogen) atoms. The average molecular weight is 324 g/mol. The van der Waals surface area contributed by atoms with Crippen LogP contribution in [0.2, 0.25) is 0 Å². The third-order valence-electron chi connectivity index (χ3n) is 4.10. The number of amides is 1. The number of rotatable bonds is 4. The molecular weight excluding hydrogens is 304 g/mol. The van der Waals surface area contributed by atoms with Gasteiger partial charge in [0.1, 0.15) is 5.75 Å². The van der Waals surface area contributed by atoms with E-state index in [1.807, 2.05) is 17.2 Å². The Bertz CT molecular complexity index is 540. The smallest absolute Gasteiger partial charge is 0.227 e. The lowest BCUT2D eigenvalue weighted by Gasteiger charge is -2.40. The zero-order valence-electron chi connectivity index (χ0n) is 12.0. The van der Waals surface area contributed by atoms with Crippen LogP contribution in [0, 0.1) is 0 Å². The Morgan fingerprint density at radius 1 is 1.43 bits per heavy atom. The Kier molecular flexibility index (Phi) is 5.11. The van der Waals surface area contributed by atoms with Crippen molar-refractivity contribution in [1.82, 2.24) is 4.90 Å². The summed E-state index contributed by atoms with van der Waals surface area (Å²) in [6, 6.07) is 6.95. The lowest BCUT2D eigenvalue weighted by atomic mass is 9.95. The maximum Gasteiger partial charge on any atom is 0.227 e. The van der Waals surface area contributed by atoms with Crippen molar-refractivity contribution < 1.29 is 9.90 Å². The van der Waals surface area contributed by atoms with Gasteiger partial charge < -0.3 is 15.7 Å². The molecule has 1 aromatic rings. The first kappa shape index (κ1) is 16.1. The fourth-order valence-electron chi connectivity index (χ4n) is 2.60. The second-order valence-corrected chi connectivity index (χ2v) is 6.88. The number of hydrogen-bond acceptors (Lipinski definition) is 4. The Morgan fingerprint density at radius 2 is 2.05 bits per heavy atom. The first-order chi connectivity index (χ1) is 9.98. The fourth-order valence-corrected chi connectivity index (χ4v) is 3.85. The lowest BCUT2D eigenvalue weighted by molar-refractivity contribution is -0.131. The van der Waals surface area contributed by atoms with Crippen LogP contribution in [0.5, 0.6) is 5.75 Å². The minimum Gasteiger partial charge on any atom is -0.508 e. The fraction of sp³-hybridized carbons (Fsp3) is 0.467. The predicted octanol–water partition coefficient (Wildman–Crippen LogP) is 1.94. The Hall–Kier alpha value is -1.27. The molecule has 0 bridgehead atoms. The third kappa shape index (κ3) is 3.49. The lowest BCUT2D eigenvalue weighted by Crippen LogP contribution is -2.51. The molecule has 4 nitrogen and oxygen atoms in total. The number of thioether (sulfide) groups is 1. The highest BCUT2D eigenvalue weighted by atomic mass is 32.2. The number of phenols is 1. The standard InChI is InChI=1S/C15H20N2O2S2/c1-21-15(14(16)20)6-8-17(9-7-15)13(19)10-11-4-2-3-5-12(11)18/h2-5,18H,6-10H2,1H3,(H2,16,20). The number of nitrogens with zero attached hydrogens (tertiary/aromatic N) is 1. The van der Waals surface area contributed by atoms with Gasteiger partial charge in [-0.1, -0.05) is 30.4 Å². The van der Waals surface area contributed by atoms with Gasteiger partial charge in [0.25, 0.3) is 0 Å². The molecule has 0 radical (unpaired) electrons. The van der Waals surface area contributed by atoms with E-state index in [0.29, 0.717) is 23.6 Å². The van der Waals surface area contributed by atoms with Crippen LogP contribution in [-0.4, -0.2) is 45.0 Å². The number of thiocarbonyl (C=S) groups is 1. The molecular formula is C15H20N2O2S2. The molecule has 114 valence electrons. The van der Waals surface area contributed by atoms with Gasteiger partial charge in [0.2, 0.25) is 5.91 Å². The Balaban J connectivity index is 1.98. The average Bonchev–Trinajstić information content (AvgIpc) is 2.49.